The molecular formula is C19H19FN2O2. The van der Waals surface area contributed by atoms with Gasteiger partial charge < -0.3 is 10.6 Å². The molecule has 0 spiro atoms. The summed E-state index contributed by atoms with van der Waals surface area (Å²) >= 11 is 0. The lowest BCUT2D eigenvalue weighted by atomic mass is 10.1. The van der Waals surface area contributed by atoms with Crippen LogP contribution in [0.15, 0.2) is 60.3 Å². The van der Waals surface area contributed by atoms with Crippen LogP contribution in [0.25, 0.3) is 6.08 Å². The number of amides is 2. The van der Waals surface area contributed by atoms with Crippen LogP contribution in [0.4, 0.5) is 4.39 Å². The summed E-state index contributed by atoms with van der Waals surface area (Å²) in [5.41, 5.74) is 1.16. The van der Waals surface area contributed by atoms with Gasteiger partial charge in [0, 0.05) is 11.6 Å². The van der Waals surface area contributed by atoms with E-state index in [9.17, 15) is 14.0 Å². The lowest BCUT2D eigenvalue weighted by Crippen LogP contribution is -2.38. The first-order valence-corrected chi connectivity index (χ1v) is 7.60. The third-order valence-electron chi connectivity index (χ3n) is 3.13. The smallest absolute Gasteiger partial charge is 0.268 e. The standard InChI is InChI=1S/C19H19FN2O2/c1-13(2)21-19(24)17(12-14-8-10-16(20)11-9-14)22-18(23)15-6-4-3-5-7-15/h3-13H,1-2H3,(H,21,24)(H,22,23)/b17-12-. The zero-order chi connectivity index (χ0) is 17.5. The highest BCUT2D eigenvalue weighted by Gasteiger charge is 2.15. The predicted molar refractivity (Wildman–Crippen MR) is 91.6 cm³/mol. The van der Waals surface area contributed by atoms with Crippen molar-refractivity contribution in [3.05, 3.63) is 77.2 Å². The molecule has 0 aliphatic rings. The quantitative estimate of drug-likeness (QED) is 0.830. The van der Waals surface area contributed by atoms with Crippen molar-refractivity contribution >= 4 is 17.9 Å². The Morgan fingerprint density at radius 1 is 1.00 bits per heavy atom. The second kappa shape index (κ2) is 8.06. The van der Waals surface area contributed by atoms with Gasteiger partial charge in [-0.25, -0.2) is 4.39 Å². The van der Waals surface area contributed by atoms with Crippen LogP contribution in [0, 0.1) is 5.82 Å². The highest BCUT2D eigenvalue weighted by molar-refractivity contribution is 6.05. The third kappa shape index (κ3) is 5.05. The minimum absolute atomic E-state index is 0.0808. The van der Waals surface area contributed by atoms with Crippen LogP contribution < -0.4 is 10.6 Å². The van der Waals surface area contributed by atoms with Crippen molar-refractivity contribution in [3.63, 3.8) is 0 Å². The lowest BCUT2D eigenvalue weighted by Gasteiger charge is -2.13. The van der Waals surface area contributed by atoms with Crippen molar-refractivity contribution in [1.82, 2.24) is 10.6 Å². The molecule has 24 heavy (non-hydrogen) atoms. The van der Waals surface area contributed by atoms with E-state index in [2.05, 4.69) is 10.6 Å². The number of nitrogens with one attached hydrogen (secondary N) is 2. The van der Waals surface area contributed by atoms with Crippen LogP contribution in [0.3, 0.4) is 0 Å². The molecule has 5 heteroatoms. The van der Waals surface area contributed by atoms with E-state index in [1.165, 1.54) is 30.3 Å². The van der Waals surface area contributed by atoms with Crippen LogP contribution in [0.5, 0.6) is 0 Å². The van der Waals surface area contributed by atoms with Gasteiger partial charge in [-0.3, -0.25) is 9.59 Å². The maximum absolute atomic E-state index is 13.0. The van der Waals surface area contributed by atoms with Gasteiger partial charge in [0.25, 0.3) is 11.8 Å². The van der Waals surface area contributed by atoms with E-state index >= 15 is 0 Å². The molecule has 0 heterocycles. The third-order valence-corrected chi connectivity index (χ3v) is 3.13. The number of hydrogen-bond acceptors (Lipinski definition) is 2. The normalized spacial score (nSPS) is 11.2. The summed E-state index contributed by atoms with van der Waals surface area (Å²) in [6.07, 6.45) is 1.51. The number of halogens is 1. The maximum atomic E-state index is 13.0. The monoisotopic (exact) mass is 326 g/mol. The van der Waals surface area contributed by atoms with Crippen LogP contribution in [0.1, 0.15) is 29.8 Å². The molecule has 0 radical (unpaired) electrons. The molecule has 2 aromatic rings. The van der Waals surface area contributed by atoms with Crippen LogP contribution in [-0.4, -0.2) is 17.9 Å². The van der Waals surface area contributed by atoms with Crippen molar-refractivity contribution < 1.29 is 14.0 Å². The molecule has 2 rings (SSSR count). The molecule has 2 amide bonds. The van der Waals surface area contributed by atoms with E-state index in [0.717, 1.165) is 0 Å². The Kier molecular flexibility index (Phi) is 5.84. The number of rotatable bonds is 5. The molecule has 0 saturated carbocycles. The van der Waals surface area contributed by atoms with Crippen molar-refractivity contribution in [2.45, 2.75) is 19.9 Å². The zero-order valence-electron chi connectivity index (χ0n) is 13.5. The fourth-order valence-electron chi connectivity index (χ4n) is 2.01. The molecule has 0 aromatic heterocycles. The van der Waals surface area contributed by atoms with Crippen LogP contribution in [-0.2, 0) is 4.79 Å². The second-order valence-electron chi connectivity index (χ2n) is 5.56. The highest BCUT2D eigenvalue weighted by Crippen LogP contribution is 2.09. The summed E-state index contributed by atoms with van der Waals surface area (Å²) in [6.45, 7) is 3.65. The average Bonchev–Trinajstić information content (AvgIpc) is 2.56. The first-order chi connectivity index (χ1) is 11.5. The SMILES string of the molecule is CC(C)NC(=O)/C(=C/c1ccc(F)cc1)NC(=O)c1ccccc1. The van der Waals surface area contributed by atoms with Gasteiger partial charge in [0.2, 0.25) is 0 Å². The number of hydrogen-bond donors (Lipinski definition) is 2. The van der Waals surface area contributed by atoms with Gasteiger partial charge in [-0.05, 0) is 49.8 Å². The topological polar surface area (TPSA) is 58.2 Å². The first-order valence-electron chi connectivity index (χ1n) is 7.60. The van der Waals surface area contributed by atoms with E-state index in [1.807, 2.05) is 13.8 Å². The second-order valence-corrected chi connectivity index (χ2v) is 5.56. The van der Waals surface area contributed by atoms with E-state index in [1.54, 1.807) is 30.3 Å². The Morgan fingerprint density at radius 3 is 2.21 bits per heavy atom. The molecule has 0 saturated heterocycles. The molecule has 0 bridgehead atoms. The Labute approximate surface area is 140 Å². The summed E-state index contributed by atoms with van der Waals surface area (Å²) in [7, 11) is 0. The molecule has 124 valence electrons. The van der Waals surface area contributed by atoms with E-state index in [-0.39, 0.29) is 23.5 Å². The molecule has 2 N–H and O–H groups in total. The van der Waals surface area contributed by atoms with Crippen molar-refractivity contribution in [3.8, 4) is 0 Å². The number of carbonyl (C=O) groups is 2. The van der Waals surface area contributed by atoms with Crippen LogP contribution >= 0.6 is 0 Å². The molecular weight excluding hydrogens is 307 g/mol. The Hall–Kier alpha value is -2.95. The maximum Gasteiger partial charge on any atom is 0.268 e. The minimum Gasteiger partial charge on any atom is -0.349 e. The highest BCUT2D eigenvalue weighted by atomic mass is 19.1. The summed E-state index contributed by atoms with van der Waals surface area (Å²) in [5.74, 6) is -1.16. The Morgan fingerprint density at radius 2 is 1.62 bits per heavy atom. The summed E-state index contributed by atoms with van der Waals surface area (Å²) in [5, 5.41) is 5.35. The molecule has 0 aliphatic heterocycles. The van der Waals surface area contributed by atoms with Crippen molar-refractivity contribution in [1.29, 1.82) is 0 Å². The van der Waals surface area contributed by atoms with Gasteiger partial charge in [-0.2, -0.15) is 0 Å². The Bertz CT molecular complexity index is 738. The number of benzene rings is 2. The van der Waals surface area contributed by atoms with Gasteiger partial charge >= 0.3 is 0 Å². The number of carbonyl (C=O) groups excluding carboxylic acids is 2. The first kappa shape index (κ1) is 17.4. The molecule has 0 atom stereocenters. The summed E-state index contributed by atoms with van der Waals surface area (Å²) in [4.78, 5) is 24.6. The van der Waals surface area contributed by atoms with Crippen molar-refractivity contribution in [2.24, 2.45) is 0 Å². The van der Waals surface area contributed by atoms with Gasteiger partial charge in [-0.1, -0.05) is 30.3 Å². The largest absolute Gasteiger partial charge is 0.349 e. The van der Waals surface area contributed by atoms with E-state index < -0.39 is 5.91 Å². The zero-order valence-corrected chi connectivity index (χ0v) is 13.5. The van der Waals surface area contributed by atoms with Gasteiger partial charge in [0.1, 0.15) is 11.5 Å². The predicted octanol–water partition coefficient (Wildman–Crippen LogP) is 3.12. The molecule has 0 fully saturated rings. The van der Waals surface area contributed by atoms with E-state index in [4.69, 9.17) is 0 Å². The minimum atomic E-state index is -0.404. The van der Waals surface area contributed by atoms with Crippen molar-refractivity contribution in [2.75, 3.05) is 0 Å². The fraction of sp³-hybridized carbons (Fsp3) is 0.158. The Balaban J connectivity index is 2.27. The fourth-order valence-corrected chi connectivity index (χ4v) is 2.01. The van der Waals surface area contributed by atoms with Gasteiger partial charge in [0.15, 0.2) is 0 Å². The van der Waals surface area contributed by atoms with Crippen LogP contribution in [0.2, 0.25) is 0 Å². The molecule has 0 aliphatic carbocycles. The molecule has 4 nitrogen and oxygen atoms in total. The van der Waals surface area contributed by atoms with Gasteiger partial charge in [0.05, 0.1) is 0 Å². The summed E-state index contributed by atoms with van der Waals surface area (Å²) in [6, 6.07) is 14.2. The molecule has 2 aromatic carbocycles. The average molecular weight is 326 g/mol. The van der Waals surface area contributed by atoms with Gasteiger partial charge in [-0.15, -0.1) is 0 Å². The summed E-state index contributed by atoms with van der Waals surface area (Å²) < 4.78 is 13.0. The van der Waals surface area contributed by atoms with E-state index in [0.29, 0.717) is 11.1 Å². The molecule has 0 unspecified atom stereocenters. The lowest BCUT2D eigenvalue weighted by molar-refractivity contribution is -0.118.